The number of rotatable bonds is 6. The lowest BCUT2D eigenvalue weighted by Crippen LogP contribution is -2.15. The Balaban J connectivity index is 2.10. The van der Waals surface area contributed by atoms with Crippen LogP contribution in [0.1, 0.15) is 28.4 Å². The molecule has 0 saturated heterocycles. The molecule has 3 aromatic carbocycles. The van der Waals surface area contributed by atoms with Crippen molar-refractivity contribution < 1.29 is 17.9 Å². The Morgan fingerprint density at radius 2 is 1.46 bits per heavy atom. The largest absolute Gasteiger partial charge is 0.416 e. The van der Waals surface area contributed by atoms with E-state index in [1.165, 1.54) is 18.2 Å². The molecule has 0 saturated carbocycles. The SMILES string of the molecule is [N-]=[N+]=Nc1ccccc1C(OCc1ccccc1)c1ccccc1C(F)(F)F. The van der Waals surface area contributed by atoms with Gasteiger partial charge in [-0.1, -0.05) is 77.9 Å². The summed E-state index contributed by atoms with van der Waals surface area (Å²) in [5.74, 6) is 0. The number of azide groups is 1. The average molecular weight is 383 g/mol. The molecule has 1 atom stereocenters. The summed E-state index contributed by atoms with van der Waals surface area (Å²) in [6.07, 6.45) is -5.60. The lowest BCUT2D eigenvalue weighted by Gasteiger charge is -2.24. The van der Waals surface area contributed by atoms with Crippen LogP contribution in [0.3, 0.4) is 0 Å². The van der Waals surface area contributed by atoms with Crippen LogP contribution in [0.4, 0.5) is 18.9 Å². The highest BCUT2D eigenvalue weighted by Crippen LogP contribution is 2.40. The van der Waals surface area contributed by atoms with Crippen LogP contribution in [0.5, 0.6) is 0 Å². The Labute approximate surface area is 159 Å². The fourth-order valence-electron chi connectivity index (χ4n) is 2.93. The summed E-state index contributed by atoms with van der Waals surface area (Å²) in [4.78, 5) is 2.78. The van der Waals surface area contributed by atoms with Gasteiger partial charge < -0.3 is 4.74 Å². The third-order valence-corrected chi connectivity index (χ3v) is 4.18. The number of alkyl halides is 3. The third-order valence-electron chi connectivity index (χ3n) is 4.18. The third kappa shape index (κ3) is 4.52. The standard InChI is InChI=1S/C21H16F3N3O/c22-21(23,24)18-12-6-4-10-16(18)20(28-14-15-8-2-1-3-9-15)17-11-5-7-13-19(17)26-27-25/h1-13,20H,14H2. The predicted molar refractivity (Wildman–Crippen MR) is 99.8 cm³/mol. The molecule has 0 aliphatic heterocycles. The zero-order valence-electron chi connectivity index (χ0n) is 14.7. The van der Waals surface area contributed by atoms with Crippen molar-refractivity contribution in [1.29, 1.82) is 0 Å². The van der Waals surface area contributed by atoms with Gasteiger partial charge in [0.1, 0.15) is 6.10 Å². The van der Waals surface area contributed by atoms with Crippen molar-refractivity contribution in [2.45, 2.75) is 18.9 Å². The molecule has 0 radical (unpaired) electrons. The van der Waals surface area contributed by atoms with Gasteiger partial charge in [-0.2, -0.15) is 13.2 Å². The summed E-state index contributed by atoms with van der Waals surface area (Å²) in [6, 6.07) is 20.9. The van der Waals surface area contributed by atoms with Crippen molar-refractivity contribution in [2.75, 3.05) is 0 Å². The number of halogens is 3. The Bertz CT molecular complexity index is 983. The van der Waals surface area contributed by atoms with E-state index in [4.69, 9.17) is 10.3 Å². The fourth-order valence-corrected chi connectivity index (χ4v) is 2.93. The predicted octanol–water partition coefficient (Wildman–Crippen LogP) is 6.95. The van der Waals surface area contributed by atoms with Gasteiger partial charge in [-0.05, 0) is 28.3 Å². The summed E-state index contributed by atoms with van der Waals surface area (Å²) in [6.45, 7) is 0.0995. The van der Waals surface area contributed by atoms with E-state index in [-0.39, 0.29) is 17.9 Å². The molecular formula is C21H16F3N3O. The van der Waals surface area contributed by atoms with Gasteiger partial charge in [0.15, 0.2) is 0 Å². The molecule has 142 valence electrons. The molecule has 3 aromatic rings. The molecule has 4 nitrogen and oxygen atoms in total. The van der Waals surface area contributed by atoms with Crippen LogP contribution in [0, 0.1) is 0 Å². The van der Waals surface area contributed by atoms with Gasteiger partial charge >= 0.3 is 6.18 Å². The molecule has 0 heterocycles. The van der Waals surface area contributed by atoms with E-state index in [0.29, 0.717) is 5.56 Å². The molecule has 0 aromatic heterocycles. The van der Waals surface area contributed by atoms with Crippen LogP contribution >= 0.6 is 0 Å². The highest BCUT2D eigenvalue weighted by Gasteiger charge is 2.36. The lowest BCUT2D eigenvalue weighted by atomic mass is 9.95. The van der Waals surface area contributed by atoms with Crippen molar-refractivity contribution >= 4 is 5.69 Å². The van der Waals surface area contributed by atoms with E-state index in [2.05, 4.69) is 10.0 Å². The van der Waals surface area contributed by atoms with E-state index in [9.17, 15) is 13.2 Å². The first-order valence-electron chi connectivity index (χ1n) is 8.46. The molecule has 3 rings (SSSR count). The molecule has 0 bridgehead atoms. The van der Waals surface area contributed by atoms with Crippen LogP contribution < -0.4 is 0 Å². The van der Waals surface area contributed by atoms with Gasteiger partial charge in [0.05, 0.1) is 12.2 Å². The first kappa shape index (κ1) is 19.5. The minimum Gasteiger partial charge on any atom is -0.364 e. The van der Waals surface area contributed by atoms with Gasteiger partial charge in [0.2, 0.25) is 0 Å². The zero-order chi connectivity index (χ0) is 20.0. The molecule has 0 N–H and O–H groups in total. The van der Waals surface area contributed by atoms with Crippen LogP contribution in [0.25, 0.3) is 10.4 Å². The van der Waals surface area contributed by atoms with Crippen molar-refractivity contribution in [3.8, 4) is 0 Å². The van der Waals surface area contributed by atoms with Crippen molar-refractivity contribution in [1.82, 2.24) is 0 Å². The smallest absolute Gasteiger partial charge is 0.364 e. The molecule has 1 unspecified atom stereocenters. The summed E-state index contributed by atoms with van der Waals surface area (Å²) in [7, 11) is 0. The van der Waals surface area contributed by atoms with Crippen LogP contribution in [-0.2, 0) is 17.5 Å². The molecular weight excluding hydrogens is 367 g/mol. The molecule has 28 heavy (non-hydrogen) atoms. The Morgan fingerprint density at radius 1 is 0.857 bits per heavy atom. The van der Waals surface area contributed by atoms with E-state index >= 15 is 0 Å². The summed E-state index contributed by atoms with van der Waals surface area (Å²) in [5, 5.41) is 3.62. The van der Waals surface area contributed by atoms with E-state index < -0.39 is 17.8 Å². The number of hydrogen-bond acceptors (Lipinski definition) is 2. The lowest BCUT2D eigenvalue weighted by molar-refractivity contribution is -0.139. The Morgan fingerprint density at radius 3 is 2.14 bits per heavy atom. The summed E-state index contributed by atoms with van der Waals surface area (Å²) in [5.41, 5.74) is 9.41. The Hall–Kier alpha value is -3.28. The average Bonchev–Trinajstić information content (AvgIpc) is 2.70. The number of nitrogens with zero attached hydrogens (tertiary/aromatic N) is 3. The van der Waals surface area contributed by atoms with E-state index in [0.717, 1.165) is 11.6 Å². The molecule has 0 aliphatic carbocycles. The fraction of sp³-hybridized carbons (Fsp3) is 0.143. The van der Waals surface area contributed by atoms with Crippen molar-refractivity contribution in [3.05, 3.63) is 112 Å². The first-order valence-corrected chi connectivity index (χ1v) is 8.46. The van der Waals surface area contributed by atoms with Crippen LogP contribution in [0.2, 0.25) is 0 Å². The maximum atomic E-state index is 13.6. The Kier molecular flexibility index (Phi) is 5.99. The van der Waals surface area contributed by atoms with E-state index in [1.807, 2.05) is 30.3 Å². The molecule has 7 heteroatoms. The van der Waals surface area contributed by atoms with Crippen LogP contribution in [-0.4, -0.2) is 0 Å². The van der Waals surface area contributed by atoms with Crippen molar-refractivity contribution in [2.24, 2.45) is 5.11 Å². The maximum absolute atomic E-state index is 13.6. The number of hydrogen-bond donors (Lipinski definition) is 0. The second kappa shape index (κ2) is 8.61. The van der Waals surface area contributed by atoms with Crippen molar-refractivity contribution in [3.63, 3.8) is 0 Å². The molecule has 0 spiro atoms. The monoisotopic (exact) mass is 383 g/mol. The van der Waals surface area contributed by atoms with Gasteiger partial charge in [-0.25, -0.2) is 0 Å². The summed E-state index contributed by atoms with van der Waals surface area (Å²) < 4.78 is 46.7. The summed E-state index contributed by atoms with van der Waals surface area (Å²) >= 11 is 0. The molecule has 0 fully saturated rings. The molecule has 0 amide bonds. The number of benzene rings is 3. The van der Waals surface area contributed by atoms with Crippen LogP contribution in [0.15, 0.2) is 84.0 Å². The first-order chi connectivity index (χ1) is 13.5. The normalized spacial score (nSPS) is 12.2. The highest BCUT2D eigenvalue weighted by molar-refractivity contribution is 5.51. The molecule has 0 aliphatic rings. The van der Waals surface area contributed by atoms with Gasteiger partial charge in [-0.15, -0.1) is 0 Å². The maximum Gasteiger partial charge on any atom is 0.416 e. The second-order valence-corrected chi connectivity index (χ2v) is 6.01. The quantitative estimate of drug-likeness (QED) is 0.258. The van der Waals surface area contributed by atoms with Gasteiger partial charge in [0.25, 0.3) is 0 Å². The zero-order valence-corrected chi connectivity index (χ0v) is 14.7. The van der Waals surface area contributed by atoms with Gasteiger partial charge in [-0.3, -0.25) is 0 Å². The minimum atomic E-state index is -4.54. The second-order valence-electron chi connectivity index (χ2n) is 6.01. The van der Waals surface area contributed by atoms with Gasteiger partial charge in [0, 0.05) is 10.6 Å². The van der Waals surface area contributed by atoms with E-state index in [1.54, 1.807) is 24.3 Å². The topological polar surface area (TPSA) is 58.0 Å². The minimum absolute atomic E-state index is 0.0356. The highest BCUT2D eigenvalue weighted by atomic mass is 19.4. The number of ether oxygens (including phenoxy) is 1.